The van der Waals surface area contributed by atoms with Crippen LogP contribution in [0.15, 0.2) is 42.5 Å². The third-order valence-electron chi connectivity index (χ3n) is 3.35. The van der Waals surface area contributed by atoms with E-state index in [2.05, 4.69) is 17.1 Å². The van der Waals surface area contributed by atoms with Crippen LogP contribution in [0.5, 0.6) is 0 Å². The number of benzene rings is 2. The minimum absolute atomic E-state index is 0.0486. The van der Waals surface area contributed by atoms with Gasteiger partial charge >= 0.3 is 0 Å². The SMILES string of the molecule is O=C1C=c2ccc3cc4ccccc4nc3c2=C1. The molecule has 0 N–H and O–H groups in total. The fraction of sp³-hybridized carbons (Fsp3) is 0. The summed E-state index contributed by atoms with van der Waals surface area (Å²) in [7, 11) is 0. The summed E-state index contributed by atoms with van der Waals surface area (Å²) in [4.78, 5) is 16.1. The van der Waals surface area contributed by atoms with Crippen molar-refractivity contribution in [1.82, 2.24) is 4.98 Å². The number of aromatic nitrogens is 1. The number of pyridine rings is 1. The maximum atomic E-state index is 11.5. The van der Waals surface area contributed by atoms with Crippen molar-refractivity contribution in [3.63, 3.8) is 0 Å². The molecule has 4 rings (SSSR count). The van der Waals surface area contributed by atoms with E-state index in [-0.39, 0.29) is 5.78 Å². The molecular weight excluding hydrogens is 222 g/mol. The molecule has 0 saturated heterocycles. The average Bonchev–Trinajstić information content (AvgIpc) is 2.77. The highest BCUT2D eigenvalue weighted by Crippen LogP contribution is 2.16. The largest absolute Gasteiger partial charge is 0.290 e. The molecule has 1 aliphatic rings. The maximum Gasteiger partial charge on any atom is 0.179 e. The Morgan fingerprint density at radius 1 is 0.889 bits per heavy atom. The summed E-state index contributed by atoms with van der Waals surface area (Å²) in [6.45, 7) is 0. The van der Waals surface area contributed by atoms with E-state index >= 15 is 0 Å². The molecule has 0 bridgehead atoms. The molecule has 1 aromatic heterocycles. The van der Waals surface area contributed by atoms with Gasteiger partial charge in [-0.3, -0.25) is 4.79 Å². The number of hydrogen-bond acceptors (Lipinski definition) is 2. The first-order valence-corrected chi connectivity index (χ1v) is 5.87. The van der Waals surface area contributed by atoms with Gasteiger partial charge in [0.2, 0.25) is 0 Å². The van der Waals surface area contributed by atoms with Crippen LogP contribution in [0, 0.1) is 0 Å². The van der Waals surface area contributed by atoms with Crippen LogP contribution in [0.4, 0.5) is 0 Å². The Kier molecular flexibility index (Phi) is 1.73. The van der Waals surface area contributed by atoms with Crippen molar-refractivity contribution in [3.05, 3.63) is 52.9 Å². The summed E-state index contributed by atoms with van der Waals surface area (Å²) in [5, 5.41) is 4.11. The highest BCUT2D eigenvalue weighted by Gasteiger charge is 2.07. The van der Waals surface area contributed by atoms with Crippen molar-refractivity contribution in [2.75, 3.05) is 0 Å². The van der Waals surface area contributed by atoms with Crippen molar-refractivity contribution in [2.24, 2.45) is 0 Å². The number of nitrogens with zero attached hydrogens (tertiary/aromatic N) is 1. The third-order valence-corrected chi connectivity index (χ3v) is 3.35. The molecule has 0 spiro atoms. The van der Waals surface area contributed by atoms with Crippen LogP contribution in [0.1, 0.15) is 0 Å². The van der Waals surface area contributed by atoms with E-state index in [1.165, 1.54) is 0 Å². The Labute approximate surface area is 103 Å². The fourth-order valence-corrected chi connectivity index (χ4v) is 2.50. The molecule has 2 aromatic carbocycles. The summed E-state index contributed by atoms with van der Waals surface area (Å²) in [5.74, 6) is 0.0486. The summed E-state index contributed by atoms with van der Waals surface area (Å²) >= 11 is 0. The number of carbonyl (C=O) groups is 1. The first-order chi connectivity index (χ1) is 8.81. The average molecular weight is 231 g/mol. The molecule has 0 aliphatic heterocycles. The van der Waals surface area contributed by atoms with Gasteiger partial charge in [-0.25, -0.2) is 4.98 Å². The Morgan fingerprint density at radius 2 is 1.78 bits per heavy atom. The Hall–Kier alpha value is -2.48. The second-order valence-electron chi connectivity index (χ2n) is 4.51. The van der Waals surface area contributed by atoms with E-state index in [0.717, 1.165) is 32.2 Å². The van der Waals surface area contributed by atoms with E-state index in [9.17, 15) is 4.79 Å². The summed E-state index contributed by atoms with van der Waals surface area (Å²) in [5.41, 5.74) is 1.87. The van der Waals surface area contributed by atoms with Crippen LogP contribution < -0.4 is 10.4 Å². The number of Topliss-reactive ketones (excluding diaryl/α,β-unsaturated/α-hetero) is 1. The van der Waals surface area contributed by atoms with Gasteiger partial charge in [-0.05, 0) is 29.5 Å². The van der Waals surface area contributed by atoms with Crippen LogP contribution in [0.3, 0.4) is 0 Å². The molecule has 0 fully saturated rings. The van der Waals surface area contributed by atoms with Crippen molar-refractivity contribution >= 4 is 39.7 Å². The molecule has 18 heavy (non-hydrogen) atoms. The van der Waals surface area contributed by atoms with Crippen LogP contribution in [-0.4, -0.2) is 10.8 Å². The Morgan fingerprint density at radius 3 is 2.72 bits per heavy atom. The van der Waals surface area contributed by atoms with Gasteiger partial charge in [0, 0.05) is 16.0 Å². The maximum absolute atomic E-state index is 11.5. The van der Waals surface area contributed by atoms with Gasteiger partial charge in [-0.2, -0.15) is 0 Å². The van der Waals surface area contributed by atoms with Gasteiger partial charge in [-0.1, -0.05) is 30.3 Å². The van der Waals surface area contributed by atoms with E-state index in [1.807, 2.05) is 30.3 Å². The zero-order valence-electron chi connectivity index (χ0n) is 9.55. The van der Waals surface area contributed by atoms with Gasteiger partial charge in [0.1, 0.15) is 0 Å². The quantitative estimate of drug-likeness (QED) is 0.549. The lowest BCUT2D eigenvalue weighted by Gasteiger charge is -2.01. The van der Waals surface area contributed by atoms with Crippen LogP contribution in [0.25, 0.3) is 34.0 Å². The van der Waals surface area contributed by atoms with Crippen LogP contribution >= 0.6 is 0 Å². The summed E-state index contributed by atoms with van der Waals surface area (Å²) in [6.07, 6.45) is 3.32. The minimum Gasteiger partial charge on any atom is -0.290 e. The second kappa shape index (κ2) is 3.26. The molecule has 0 saturated carbocycles. The van der Waals surface area contributed by atoms with Crippen molar-refractivity contribution in [1.29, 1.82) is 0 Å². The Balaban J connectivity index is 2.29. The molecule has 0 amide bonds. The summed E-state index contributed by atoms with van der Waals surface area (Å²) in [6, 6.07) is 14.2. The molecule has 0 atom stereocenters. The topological polar surface area (TPSA) is 30.0 Å². The van der Waals surface area contributed by atoms with Gasteiger partial charge in [0.25, 0.3) is 0 Å². The number of para-hydroxylation sites is 1. The normalized spacial score (nSPS) is 13.4. The first-order valence-electron chi connectivity index (χ1n) is 5.87. The van der Waals surface area contributed by atoms with Crippen molar-refractivity contribution in [3.8, 4) is 0 Å². The van der Waals surface area contributed by atoms with Gasteiger partial charge < -0.3 is 0 Å². The molecule has 3 aromatic rings. The molecule has 1 aliphatic carbocycles. The molecule has 2 heteroatoms. The molecule has 0 radical (unpaired) electrons. The lowest BCUT2D eigenvalue weighted by atomic mass is 10.1. The van der Waals surface area contributed by atoms with Gasteiger partial charge in [0.15, 0.2) is 5.78 Å². The zero-order valence-corrected chi connectivity index (χ0v) is 9.55. The number of hydrogen-bond donors (Lipinski definition) is 0. The monoisotopic (exact) mass is 231 g/mol. The Bertz CT molecular complexity index is 938. The smallest absolute Gasteiger partial charge is 0.179 e. The first kappa shape index (κ1) is 9.54. The van der Waals surface area contributed by atoms with E-state index in [4.69, 9.17) is 0 Å². The molecule has 0 unspecified atom stereocenters. The number of carbonyl (C=O) groups excluding carboxylic acids is 1. The number of fused-ring (bicyclic) bond motifs is 4. The standard InChI is InChI=1S/C16H9NO/c18-13-8-10-5-6-12-7-11-3-1-2-4-15(11)17-16(12)14(10)9-13/h1-9H. The molecule has 2 nitrogen and oxygen atoms in total. The van der Waals surface area contributed by atoms with Crippen molar-refractivity contribution < 1.29 is 4.79 Å². The molecule has 84 valence electrons. The van der Waals surface area contributed by atoms with Gasteiger partial charge in [-0.15, -0.1) is 0 Å². The zero-order chi connectivity index (χ0) is 12.1. The van der Waals surface area contributed by atoms with E-state index < -0.39 is 0 Å². The molecular formula is C16H9NO. The van der Waals surface area contributed by atoms with Crippen LogP contribution in [-0.2, 0) is 4.79 Å². The number of ketones is 1. The van der Waals surface area contributed by atoms with E-state index in [1.54, 1.807) is 12.2 Å². The highest BCUT2D eigenvalue weighted by molar-refractivity contribution is 6.27. The summed E-state index contributed by atoms with van der Waals surface area (Å²) < 4.78 is 0. The van der Waals surface area contributed by atoms with E-state index in [0.29, 0.717) is 0 Å². The second-order valence-corrected chi connectivity index (χ2v) is 4.51. The predicted molar refractivity (Wildman–Crippen MR) is 72.4 cm³/mol. The molecule has 1 heterocycles. The van der Waals surface area contributed by atoms with Crippen LogP contribution in [0.2, 0.25) is 0 Å². The number of rotatable bonds is 0. The van der Waals surface area contributed by atoms with Crippen molar-refractivity contribution in [2.45, 2.75) is 0 Å². The minimum atomic E-state index is 0.0486. The highest BCUT2D eigenvalue weighted by atomic mass is 16.1. The fourth-order valence-electron chi connectivity index (χ4n) is 2.50. The lowest BCUT2D eigenvalue weighted by Crippen LogP contribution is -2.22. The lowest BCUT2D eigenvalue weighted by molar-refractivity contribution is -0.107. The predicted octanol–water partition coefficient (Wildman–Crippen LogP) is 1.53. The third kappa shape index (κ3) is 1.23. The van der Waals surface area contributed by atoms with Gasteiger partial charge in [0.05, 0.1) is 11.0 Å².